The standard InChI is InChI=1S/C9H18N.Na/c1-10(2)8-7-9-5-3-4-6-9;/h3,9H,4-8H2,1-2H3;/q-1;+1. The van der Waals surface area contributed by atoms with Crippen LogP contribution in [0.1, 0.15) is 25.7 Å². The van der Waals surface area contributed by atoms with Gasteiger partial charge in [0.1, 0.15) is 0 Å². The Morgan fingerprint density at radius 3 is 2.64 bits per heavy atom. The van der Waals surface area contributed by atoms with E-state index in [1.165, 1.54) is 32.2 Å². The van der Waals surface area contributed by atoms with Crippen LogP contribution < -0.4 is 29.6 Å². The molecule has 1 atom stereocenters. The molecule has 60 valence electrons. The molecular weight excluding hydrogens is 145 g/mol. The SMILES string of the molecule is CN(C)CCC1C[CH-]CC1.[Na+]. The molecule has 0 aromatic heterocycles. The molecule has 1 unspecified atom stereocenters. The summed E-state index contributed by atoms with van der Waals surface area (Å²) < 4.78 is 0. The quantitative estimate of drug-likeness (QED) is 0.379. The van der Waals surface area contributed by atoms with Crippen LogP contribution in [0.25, 0.3) is 0 Å². The molecule has 1 aliphatic carbocycles. The minimum absolute atomic E-state index is 0. The first-order valence-corrected chi connectivity index (χ1v) is 4.25. The van der Waals surface area contributed by atoms with E-state index in [1.54, 1.807) is 0 Å². The van der Waals surface area contributed by atoms with Gasteiger partial charge in [-0.1, -0.05) is 12.3 Å². The van der Waals surface area contributed by atoms with Crippen molar-refractivity contribution < 1.29 is 29.6 Å². The minimum Gasteiger partial charge on any atom is -0.328 e. The van der Waals surface area contributed by atoms with Crippen molar-refractivity contribution in [3.8, 4) is 0 Å². The van der Waals surface area contributed by atoms with E-state index in [0.29, 0.717) is 0 Å². The first-order chi connectivity index (χ1) is 4.79. The van der Waals surface area contributed by atoms with Gasteiger partial charge in [0.2, 0.25) is 0 Å². The Hall–Kier alpha value is 0.960. The van der Waals surface area contributed by atoms with Gasteiger partial charge < -0.3 is 11.3 Å². The van der Waals surface area contributed by atoms with Crippen LogP contribution in [0.5, 0.6) is 0 Å². The summed E-state index contributed by atoms with van der Waals surface area (Å²) in [4.78, 5) is 2.28. The predicted octanol–water partition coefficient (Wildman–Crippen LogP) is -1.05. The summed E-state index contributed by atoms with van der Waals surface area (Å²) in [6.07, 6.45) is 7.99. The average Bonchev–Trinajstić information content (AvgIpc) is 2.34. The van der Waals surface area contributed by atoms with Crippen molar-refractivity contribution in [1.29, 1.82) is 0 Å². The first-order valence-electron chi connectivity index (χ1n) is 4.25. The Morgan fingerprint density at radius 1 is 1.45 bits per heavy atom. The van der Waals surface area contributed by atoms with Crippen LogP contribution >= 0.6 is 0 Å². The van der Waals surface area contributed by atoms with Crippen LogP contribution in [0.2, 0.25) is 0 Å². The first kappa shape index (κ1) is 12.0. The van der Waals surface area contributed by atoms with E-state index in [-0.39, 0.29) is 29.6 Å². The van der Waals surface area contributed by atoms with Gasteiger partial charge in [-0.25, -0.2) is 0 Å². The van der Waals surface area contributed by atoms with E-state index in [1.807, 2.05) is 0 Å². The van der Waals surface area contributed by atoms with E-state index in [9.17, 15) is 0 Å². The number of hydrogen-bond donors (Lipinski definition) is 0. The summed E-state index contributed by atoms with van der Waals surface area (Å²) in [5.41, 5.74) is 0. The second-order valence-corrected chi connectivity index (χ2v) is 3.56. The second kappa shape index (κ2) is 6.47. The van der Waals surface area contributed by atoms with E-state index in [4.69, 9.17) is 0 Å². The molecule has 0 aromatic rings. The second-order valence-electron chi connectivity index (χ2n) is 3.56. The van der Waals surface area contributed by atoms with Crippen molar-refractivity contribution in [3.05, 3.63) is 6.42 Å². The van der Waals surface area contributed by atoms with Crippen LogP contribution in [0.3, 0.4) is 0 Å². The maximum absolute atomic E-state index is 2.43. The van der Waals surface area contributed by atoms with Gasteiger partial charge in [0.05, 0.1) is 0 Å². The van der Waals surface area contributed by atoms with Gasteiger partial charge in [0.15, 0.2) is 0 Å². The summed E-state index contributed by atoms with van der Waals surface area (Å²) in [7, 11) is 4.30. The molecule has 0 bridgehead atoms. The third-order valence-corrected chi connectivity index (χ3v) is 2.26. The van der Waals surface area contributed by atoms with Crippen molar-refractivity contribution in [2.24, 2.45) is 5.92 Å². The van der Waals surface area contributed by atoms with Gasteiger partial charge in [-0.15, -0.1) is 0 Å². The zero-order chi connectivity index (χ0) is 7.40. The molecule has 11 heavy (non-hydrogen) atoms. The normalized spacial score (nSPS) is 23.7. The molecule has 0 spiro atoms. The zero-order valence-corrected chi connectivity index (χ0v) is 10.1. The van der Waals surface area contributed by atoms with Crippen LogP contribution in [-0.2, 0) is 0 Å². The van der Waals surface area contributed by atoms with E-state index < -0.39 is 0 Å². The molecule has 1 nitrogen and oxygen atoms in total. The van der Waals surface area contributed by atoms with E-state index in [0.717, 1.165) is 5.92 Å². The Morgan fingerprint density at radius 2 is 2.18 bits per heavy atom. The molecule has 0 aromatic carbocycles. The smallest absolute Gasteiger partial charge is 0.328 e. The van der Waals surface area contributed by atoms with E-state index in [2.05, 4.69) is 25.4 Å². The molecule has 1 rings (SSSR count). The van der Waals surface area contributed by atoms with Gasteiger partial charge in [-0.2, -0.15) is 12.8 Å². The Balaban J connectivity index is 0.000001000. The topological polar surface area (TPSA) is 3.24 Å². The fourth-order valence-electron chi connectivity index (χ4n) is 1.53. The van der Waals surface area contributed by atoms with Gasteiger partial charge in [-0.05, 0) is 27.1 Å². The summed E-state index contributed by atoms with van der Waals surface area (Å²) in [6, 6.07) is 0. The predicted molar refractivity (Wildman–Crippen MR) is 44.8 cm³/mol. The largest absolute Gasteiger partial charge is 1.00 e. The zero-order valence-electron chi connectivity index (χ0n) is 8.14. The Labute approximate surface area is 92.8 Å². The van der Waals surface area contributed by atoms with E-state index >= 15 is 0 Å². The average molecular weight is 163 g/mol. The molecule has 0 heterocycles. The van der Waals surface area contributed by atoms with Crippen molar-refractivity contribution in [2.75, 3.05) is 20.6 Å². The molecule has 1 fully saturated rings. The molecule has 0 amide bonds. The summed E-state index contributed by atoms with van der Waals surface area (Å²) in [5.74, 6) is 1.00. The summed E-state index contributed by atoms with van der Waals surface area (Å²) in [6.45, 7) is 1.26. The Bertz CT molecular complexity index is 87.6. The Kier molecular flexibility index (Phi) is 7.04. The third-order valence-electron chi connectivity index (χ3n) is 2.26. The summed E-state index contributed by atoms with van der Waals surface area (Å²) >= 11 is 0. The molecule has 0 saturated heterocycles. The van der Waals surface area contributed by atoms with Crippen LogP contribution in [0.4, 0.5) is 0 Å². The number of rotatable bonds is 3. The summed E-state index contributed by atoms with van der Waals surface area (Å²) in [5, 5.41) is 0. The van der Waals surface area contributed by atoms with Crippen LogP contribution in [0.15, 0.2) is 0 Å². The van der Waals surface area contributed by atoms with Gasteiger partial charge in [0, 0.05) is 0 Å². The van der Waals surface area contributed by atoms with Crippen molar-refractivity contribution in [2.45, 2.75) is 25.7 Å². The van der Waals surface area contributed by atoms with Crippen molar-refractivity contribution in [3.63, 3.8) is 0 Å². The van der Waals surface area contributed by atoms with Crippen LogP contribution in [0, 0.1) is 12.3 Å². The molecule has 2 heteroatoms. The molecule has 0 aliphatic heterocycles. The number of nitrogens with zero attached hydrogens (tertiary/aromatic N) is 1. The maximum Gasteiger partial charge on any atom is 1.00 e. The monoisotopic (exact) mass is 163 g/mol. The molecular formula is C9H18NNa. The van der Waals surface area contributed by atoms with Gasteiger partial charge in [-0.3, -0.25) is 0 Å². The molecule has 1 saturated carbocycles. The maximum atomic E-state index is 2.43. The fraction of sp³-hybridized carbons (Fsp3) is 0.889. The van der Waals surface area contributed by atoms with Gasteiger partial charge >= 0.3 is 29.6 Å². The van der Waals surface area contributed by atoms with Gasteiger partial charge in [0.25, 0.3) is 0 Å². The van der Waals surface area contributed by atoms with Crippen LogP contribution in [-0.4, -0.2) is 25.5 Å². The molecule has 0 radical (unpaired) electrons. The molecule has 0 N–H and O–H groups in total. The molecule has 1 aliphatic rings. The number of hydrogen-bond acceptors (Lipinski definition) is 1. The minimum atomic E-state index is 0. The fourth-order valence-corrected chi connectivity index (χ4v) is 1.53. The third kappa shape index (κ3) is 5.24. The van der Waals surface area contributed by atoms with Crippen molar-refractivity contribution >= 4 is 0 Å². The van der Waals surface area contributed by atoms with Crippen molar-refractivity contribution in [1.82, 2.24) is 4.90 Å².